The van der Waals surface area contributed by atoms with Crippen LogP contribution in [-0.4, -0.2) is 32.5 Å². The van der Waals surface area contributed by atoms with Crippen molar-refractivity contribution in [3.05, 3.63) is 35.9 Å². The first-order valence-electron chi connectivity index (χ1n) is 7.34. The third kappa shape index (κ3) is 6.06. The van der Waals surface area contributed by atoms with Gasteiger partial charge in [-0.3, -0.25) is 0 Å². The summed E-state index contributed by atoms with van der Waals surface area (Å²) in [6.07, 6.45) is -2.85. The van der Waals surface area contributed by atoms with Gasteiger partial charge in [0.05, 0.1) is 0 Å². The molecule has 2 nitrogen and oxygen atoms in total. The van der Waals surface area contributed by atoms with Crippen LogP contribution >= 0.6 is 0 Å². The number of ether oxygens (including phenoxy) is 1. The number of nitrogens with one attached hydrogen (secondary N) is 1. The Morgan fingerprint density at radius 1 is 1.10 bits per heavy atom. The molecule has 0 heterocycles. The maximum Gasteiger partial charge on any atom is 0.411 e. The molecule has 1 atom stereocenters. The number of hydrogen-bond donors (Lipinski definition) is 1. The van der Waals surface area contributed by atoms with Crippen LogP contribution in [0.15, 0.2) is 30.3 Å². The van der Waals surface area contributed by atoms with E-state index in [1.54, 1.807) is 0 Å². The lowest BCUT2D eigenvalue weighted by atomic mass is 9.75. The Kier molecular flexibility index (Phi) is 7.18. The highest BCUT2D eigenvalue weighted by molar-refractivity contribution is 5.26. The zero-order valence-electron chi connectivity index (χ0n) is 12.7. The number of likely N-dealkylation sites (N-methyl/N-ethyl adjacent to an activating group) is 1. The number of hydrogen-bond acceptors (Lipinski definition) is 2. The molecule has 0 aliphatic carbocycles. The molecule has 5 heteroatoms. The lowest BCUT2D eigenvalue weighted by Crippen LogP contribution is -2.39. The van der Waals surface area contributed by atoms with Gasteiger partial charge in [0.2, 0.25) is 0 Å². The average Bonchev–Trinajstić information content (AvgIpc) is 2.47. The maximum atomic E-state index is 12.1. The molecule has 0 amide bonds. The Hall–Kier alpha value is -1.07. The predicted molar refractivity (Wildman–Crippen MR) is 78.4 cm³/mol. The number of alkyl halides is 3. The minimum atomic E-state index is -4.26. The summed E-state index contributed by atoms with van der Waals surface area (Å²) < 4.78 is 41.2. The van der Waals surface area contributed by atoms with Gasteiger partial charge in [-0.15, -0.1) is 0 Å². The summed E-state index contributed by atoms with van der Waals surface area (Å²) in [5, 5.41) is 3.32. The highest BCUT2D eigenvalue weighted by Crippen LogP contribution is 2.31. The van der Waals surface area contributed by atoms with E-state index in [2.05, 4.69) is 12.2 Å². The molecule has 1 aromatic carbocycles. The van der Waals surface area contributed by atoms with Crippen LogP contribution in [0.3, 0.4) is 0 Å². The van der Waals surface area contributed by atoms with E-state index in [-0.39, 0.29) is 12.0 Å². The van der Waals surface area contributed by atoms with E-state index in [9.17, 15) is 13.2 Å². The summed E-state index contributed by atoms with van der Waals surface area (Å²) in [5.41, 5.74) is 0.951. The highest BCUT2D eigenvalue weighted by atomic mass is 19.4. The fourth-order valence-electron chi connectivity index (χ4n) is 2.45. The molecule has 0 saturated heterocycles. The maximum absolute atomic E-state index is 12.1. The Labute approximate surface area is 124 Å². The topological polar surface area (TPSA) is 21.3 Å². The Morgan fingerprint density at radius 3 is 2.29 bits per heavy atom. The number of halogens is 3. The van der Waals surface area contributed by atoms with Crippen LogP contribution in [-0.2, 0) is 10.2 Å². The monoisotopic (exact) mass is 303 g/mol. The summed E-state index contributed by atoms with van der Waals surface area (Å²) in [7, 11) is 0. The lowest BCUT2D eigenvalue weighted by Gasteiger charge is -2.34. The third-order valence-electron chi connectivity index (χ3n) is 3.77. The molecule has 1 N–H and O–H groups in total. The SMILES string of the molecule is CCNCC(CC)(CCOCC(F)(F)F)c1ccccc1. The molecule has 0 aliphatic heterocycles. The quantitative estimate of drug-likeness (QED) is 0.698. The predicted octanol–water partition coefficient (Wildman–Crippen LogP) is 3.91. The van der Waals surface area contributed by atoms with Crippen molar-refractivity contribution in [3.8, 4) is 0 Å². The van der Waals surface area contributed by atoms with Crippen LogP contribution in [0.25, 0.3) is 0 Å². The summed E-state index contributed by atoms with van der Waals surface area (Å²) in [5.74, 6) is 0. The van der Waals surface area contributed by atoms with Gasteiger partial charge in [0, 0.05) is 18.6 Å². The van der Waals surface area contributed by atoms with Gasteiger partial charge in [0.15, 0.2) is 0 Å². The Morgan fingerprint density at radius 2 is 1.76 bits per heavy atom. The van der Waals surface area contributed by atoms with Gasteiger partial charge < -0.3 is 10.1 Å². The second kappa shape index (κ2) is 8.39. The Bertz CT molecular complexity index is 394. The van der Waals surface area contributed by atoms with Crippen molar-refractivity contribution in [1.82, 2.24) is 5.32 Å². The van der Waals surface area contributed by atoms with Gasteiger partial charge in [0.1, 0.15) is 6.61 Å². The van der Waals surface area contributed by atoms with Crippen molar-refractivity contribution in [2.45, 2.75) is 38.3 Å². The molecule has 1 rings (SSSR count). The minimum Gasteiger partial charge on any atom is -0.372 e. The molecule has 0 spiro atoms. The fourth-order valence-corrected chi connectivity index (χ4v) is 2.45. The number of benzene rings is 1. The summed E-state index contributed by atoms with van der Waals surface area (Å²) in [6, 6.07) is 9.93. The standard InChI is InChI=1S/C16H24F3NO/c1-3-15(12-20-4-2,14-8-6-5-7-9-14)10-11-21-13-16(17,18)19/h5-9,20H,3-4,10-13H2,1-2H3. The van der Waals surface area contributed by atoms with Crippen LogP contribution in [0, 0.1) is 0 Å². The molecular weight excluding hydrogens is 279 g/mol. The van der Waals surface area contributed by atoms with E-state index >= 15 is 0 Å². The molecule has 0 bridgehead atoms. The second-order valence-electron chi connectivity index (χ2n) is 5.20. The molecule has 0 saturated carbocycles. The highest BCUT2D eigenvalue weighted by Gasteiger charge is 2.31. The van der Waals surface area contributed by atoms with Crippen LogP contribution in [0.4, 0.5) is 13.2 Å². The van der Waals surface area contributed by atoms with Crippen LogP contribution in [0.1, 0.15) is 32.3 Å². The first kappa shape index (κ1) is 18.0. The molecule has 21 heavy (non-hydrogen) atoms. The van der Waals surface area contributed by atoms with Crippen LogP contribution in [0.2, 0.25) is 0 Å². The van der Waals surface area contributed by atoms with Crippen molar-refractivity contribution in [2.24, 2.45) is 0 Å². The van der Waals surface area contributed by atoms with Crippen LogP contribution in [0.5, 0.6) is 0 Å². The van der Waals surface area contributed by atoms with Gasteiger partial charge >= 0.3 is 6.18 Å². The lowest BCUT2D eigenvalue weighted by molar-refractivity contribution is -0.174. The molecule has 1 unspecified atom stereocenters. The molecule has 0 aliphatic rings. The zero-order valence-corrected chi connectivity index (χ0v) is 12.7. The van der Waals surface area contributed by atoms with E-state index < -0.39 is 12.8 Å². The van der Waals surface area contributed by atoms with Gasteiger partial charge in [-0.2, -0.15) is 13.2 Å². The van der Waals surface area contributed by atoms with E-state index in [1.165, 1.54) is 0 Å². The van der Waals surface area contributed by atoms with Crippen molar-refractivity contribution in [2.75, 3.05) is 26.3 Å². The minimum absolute atomic E-state index is 0.105. The summed E-state index contributed by atoms with van der Waals surface area (Å²) in [4.78, 5) is 0. The normalized spacial score (nSPS) is 14.9. The van der Waals surface area contributed by atoms with Crippen molar-refractivity contribution >= 4 is 0 Å². The molecule has 0 aromatic heterocycles. The van der Waals surface area contributed by atoms with E-state index in [1.807, 2.05) is 37.3 Å². The fraction of sp³-hybridized carbons (Fsp3) is 0.625. The van der Waals surface area contributed by atoms with Gasteiger partial charge in [-0.1, -0.05) is 44.2 Å². The smallest absolute Gasteiger partial charge is 0.372 e. The molecule has 0 radical (unpaired) electrons. The summed E-state index contributed by atoms with van der Waals surface area (Å²) >= 11 is 0. The van der Waals surface area contributed by atoms with Crippen molar-refractivity contribution < 1.29 is 17.9 Å². The van der Waals surface area contributed by atoms with Gasteiger partial charge in [0.25, 0.3) is 0 Å². The third-order valence-corrected chi connectivity index (χ3v) is 3.77. The Balaban J connectivity index is 2.72. The van der Waals surface area contributed by atoms with Crippen LogP contribution < -0.4 is 5.32 Å². The molecule has 120 valence electrons. The summed E-state index contributed by atoms with van der Waals surface area (Å²) in [6.45, 7) is 4.58. The van der Waals surface area contributed by atoms with Gasteiger partial charge in [-0.05, 0) is 24.9 Å². The molecular formula is C16H24F3NO. The largest absolute Gasteiger partial charge is 0.411 e. The molecule has 0 fully saturated rings. The van der Waals surface area contributed by atoms with Crippen molar-refractivity contribution in [3.63, 3.8) is 0 Å². The first-order chi connectivity index (χ1) is 9.93. The molecule has 1 aromatic rings. The van der Waals surface area contributed by atoms with Gasteiger partial charge in [-0.25, -0.2) is 0 Å². The van der Waals surface area contributed by atoms with E-state index in [0.717, 1.165) is 25.1 Å². The van der Waals surface area contributed by atoms with E-state index in [0.29, 0.717) is 6.42 Å². The number of rotatable bonds is 9. The van der Waals surface area contributed by atoms with Crippen molar-refractivity contribution in [1.29, 1.82) is 0 Å². The van der Waals surface area contributed by atoms with E-state index in [4.69, 9.17) is 4.74 Å². The average molecular weight is 303 g/mol. The first-order valence-corrected chi connectivity index (χ1v) is 7.34. The zero-order chi connectivity index (χ0) is 15.8. The second-order valence-corrected chi connectivity index (χ2v) is 5.20.